The third-order valence-corrected chi connectivity index (χ3v) is 5.69. The maximum atomic E-state index is 13.2. The molecular formula is C21H24N2O5S. The molecule has 1 saturated heterocycles. The van der Waals surface area contributed by atoms with Crippen LogP contribution in [0.25, 0.3) is 0 Å². The van der Waals surface area contributed by atoms with Gasteiger partial charge >= 0.3 is 0 Å². The number of carbonyl (C=O) groups excluding carboxylic acids is 2. The average molecular weight is 416 g/mol. The van der Waals surface area contributed by atoms with Crippen molar-refractivity contribution in [3.05, 3.63) is 47.5 Å². The molecule has 8 heteroatoms. The summed E-state index contributed by atoms with van der Waals surface area (Å²) < 4.78 is 16.0. The first-order valence-electron chi connectivity index (χ1n) is 9.04. The fourth-order valence-electron chi connectivity index (χ4n) is 3.09. The molecule has 29 heavy (non-hydrogen) atoms. The largest absolute Gasteiger partial charge is 0.493 e. The third-order valence-electron chi connectivity index (χ3n) is 4.68. The van der Waals surface area contributed by atoms with Crippen LogP contribution in [-0.4, -0.2) is 55.7 Å². The molecule has 1 heterocycles. The van der Waals surface area contributed by atoms with Gasteiger partial charge in [0.2, 0.25) is 11.7 Å². The summed E-state index contributed by atoms with van der Waals surface area (Å²) in [5.74, 6) is 1.69. The Morgan fingerprint density at radius 3 is 2.21 bits per heavy atom. The van der Waals surface area contributed by atoms with Crippen molar-refractivity contribution in [2.45, 2.75) is 13.0 Å². The first-order chi connectivity index (χ1) is 14.0. The number of thioether (sulfide) groups is 1. The molecule has 0 aliphatic carbocycles. The summed E-state index contributed by atoms with van der Waals surface area (Å²) in [5, 5.41) is 2.90. The number of anilines is 1. The molecular weight excluding hydrogens is 392 g/mol. The monoisotopic (exact) mass is 416 g/mol. The van der Waals surface area contributed by atoms with Crippen LogP contribution in [-0.2, 0) is 4.79 Å². The van der Waals surface area contributed by atoms with Crippen molar-refractivity contribution < 1.29 is 23.8 Å². The highest BCUT2D eigenvalue weighted by molar-refractivity contribution is 7.99. The van der Waals surface area contributed by atoms with Gasteiger partial charge in [0.25, 0.3) is 5.91 Å². The van der Waals surface area contributed by atoms with Crippen molar-refractivity contribution in [2.24, 2.45) is 0 Å². The van der Waals surface area contributed by atoms with Crippen molar-refractivity contribution in [1.82, 2.24) is 4.90 Å². The molecule has 1 fully saturated rings. The summed E-state index contributed by atoms with van der Waals surface area (Å²) in [6.45, 7) is 1.98. The van der Waals surface area contributed by atoms with Gasteiger partial charge in [0, 0.05) is 17.0 Å². The van der Waals surface area contributed by atoms with E-state index in [1.165, 1.54) is 33.1 Å². The second-order valence-corrected chi connectivity index (χ2v) is 7.56. The second kappa shape index (κ2) is 9.09. The summed E-state index contributed by atoms with van der Waals surface area (Å²) >= 11 is 1.54. The van der Waals surface area contributed by atoms with Crippen LogP contribution in [0.2, 0.25) is 0 Å². The fraction of sp³-hybridized carbons (Fsp3) is 0.333. The summed E-state index contributed by atoms with van der Waals surface area (Å²) in [7, 11) is 4.49. The van der Waals surface area contributed by atoms with Gasteiger partial charge in [0.05, 0.1) is 27.2 Å². The molecule has 1 aliphatic rings. The fourth-order valence-corrected chi connectivity index (χ4v) is 4.25. The van der Waals surface area contributed by atoms with Crippen LogP contribution in [0.1, 0.15) is 15.9 Å². The molecule has 7 nitrogen and oxygen atoms in total. The number of rotatable bonds is 6. The van der Waals surface area contributed by atoms with Crippen molar-refractivity contribution >= 4 is 29.3 Å². The predicted octanol–water partition coefficient (Wildman–Crippen LogP) is 3.17. The molecule has 2 aromatic carbocycles. The van der Waals surface area contributed by atoms with Crippen molar-refractivity contribution in [2.75, 3.05) is 38.3 Å². The minimum absolute atomic E-state index is 0.209. The molecule has 2 amide bonds. The first kappa shape index (κ1) is 20.9. The van der Waals surface area contributed by atoms with Crippen LogP contribution >= 0.6 is 11.8 Å². The number of benzene rings is 2. The average Bonchev–Trinajstić information content (AvgIpc) is 3.23. The highest BCUT2D eigenvalue weighted by Crippen LogP contribution is 2.39. The number of aryl methyl sites for hydroxylation is 1. The van der Waals surface area contributed by atoms with E-state index in [1.54, 1.807) is 17.0 Å². The first-order valence-corrected chi connectivity index (χ1v) is 10.2. The van der Waals surface area contributed by atoms with E-state index in [-0.39, 0.29) is 11.8 Å². The maximum Gasteiger partial charge on any atom is 0.255 e. The third kappa shape index (κ3) is 4.42. The van der Waals surface area contributed by atoms with Gasteiger partial charge < -0.3 is 24.4 Å². The minimum Gasteiger partial charge on any atom is -0.493 e. The molecule has 154 valence electrons. The number of carbonyl (C=O) groups is 2. The maximum absolute atomic E-state index is 13.2. The Labute approximate surface area is 174 Å². The molecule has 1 atom stereocenters. The molecule has 1 unspecified atom stereocenters. The van der Waals surface area contributed by atoms with Gasteiger partial charge in [-0.15, -0.1) is 11.8 Å². The van der Waals surface area contributed by atoms with Crippen LogP contribution < -0.4 is 19.5 Å². The summed E-state index contributed by atoms with van der Waals surface area (Å²) in [6, 6.07) is 10.2. The number of hydrogen-bond acceptors (Lipinski definition) is 6. The molecule has 0 bridgehead atoms. The molecule has 0 spiro atoms. The van der Waals surface area contributed by atoms with E-state index < -0.39 is 6.04 Å². The smallest absolute Gasteiger partial charge is 0.255 e. The summed E-state index contributed by atoms with van der Waals surface area (Å²) in [5.41, 5.74) is 2.19. The van der Waals surface area contributed by atoms with Crippen LogP contribution in [0, 0.1) is 6.92 Å². The number of nitrogens with one attached hydrogen (secondary N) is 1. The summed E-state index contributed by atoms with van der Waals surface area (Å²) in [4.78, 5) is 27.5. The quantitative estimate of drug-likeness (QED) is 0.780. The predicted molar refractivity (Wildman–Crippen MR) is 113 cm³/mol. The highest BCUT2D eigenvalue weighted by Gasteiger charge is 2.36. The zero-order chi connectivity index (χ0) is 21.0. The zero-order valence-corrected chi connectivity index (χ0v) is 17.7. The zero-order valence-electron chi connectivity index (χ0n) is 16.9. The van der Waals surface area contributed by atoms with E-state index in [2.05, 4.69) is 5.32 Å². The Kier molecular flexibility index (Phi) is 6.53. The Morgan fingerprint density at radius 1 is 1.03 bits per heavy atom. The SMILES string of the molecule is COc1cc(C(=O)N2CSCC2C(=O)Nc2ccc(C)cc2)cc(OC)c1OC. The number of nitrogens with zero attached hydrogens (tertiary/aromatic N) is 1. The lowest BCUT2D eigenvalue weighted by molar-refractivity contribution is -0.119. The van der Waals surface area contributed by atoms with Crippen LogP contribution in [0.4, 0.5) is 5.69 Å². The van der Waals surface area contributed by atoms with Gasteiger partial charge in [-0.3, -0.25) is 9.59 Å². The van der Waals surface area contributed by atoms with Gasteiger partial charge in [-0.1, -0.05) is 17.7 Å². The minimum atomic E-state index is -0.562. The standard InChI is InChI=1S/C21H24N2O5S/c1-13-5-7-15(8-6-13)22-20(24)16-11-29-12-23(16)21(25)14-9-17(26-2)19(28-4)18(10-14)27-3/h5-10,16H,11-12H2,1-4H3,(H,22,24). The van der Waals surface area contributed by atoms with E-state index >= 15 is 0 Å². The van der Waals surface area contributed by atoms with Crippen molar-refractivity contribution in [3.8, 4) is 17.2 Å². The molecule has 0 aromatic heterocycles. The molecule has 2 aromatic rings. The normalized spacial score (nSPS) is 15.7. The molecule has 1 N–H and O–H groups in total. The lowest BCUT2D eigenvalue weighted by Crippen LogP contribution is -2.44. The van der Waals surface area contributed by atoms with Crippen molar-refractivity contribution in [1.29, 1.82) is 0 Å². The Morgan fingerprint density at radius 2 is 1.66 bits per heavy atom. The van der Waals surface area contributed by atoms with E-state index in [1.807, 2.05) is 31.2 Å². The van der Waals surface area contributed by atoms with E-state index in [4.69, 9.17) is 14.2 Å². The van der Waals surface area contributed by atoms with Gasteiger partial charge in [0.1, 0.15) is 6.04 Å². The highest BCUT2D eigenvalue weighted by atomic mass is 32.2. The molecule has 1 aliphatic heterocycles. The van der Waals surface area contributed by atoms with Crippen LogP contribution in [0.3, 0.4) is 0 Å². The topological polar surface area (TPSA) is 77.1 Å². The van der Waals surface area contributed by atoms with E-state index in [0.717, 1.165) is 5.56 Å². The second-order valence-electron chi connectivity index (χ2n) is 6.56. The van der Waals surface area contributed by atoms with E-state index in [0.29, 0.717) is 40.1 Å². The van der Waals surface area contributed by atoms with E-state index in [9.17, 15) is 9.59 Å². The Balaban J connectivity index is 1.82. The molecule has 3 rings (SSSR count). The lowest BCUT2D eigenvalue weighted by atomic mass is 10.1. The Hall–Kier alpha value is -2.87. The number of amides is 2. The number of ether oxygens (including phenoxy) is 3. The van der Waals surface area contributed by atoms with Gasteiger partial charge in [0.15, 0.2) is 11.5 Å². The number of hydrogen-bond donors (Lipinski definition) is 1. The molecule has 0 saturated carbocycles. The lowest BCUT2D eigenvalue weighted by Gasteiger charge is -2.24. The number of methoxy groups -OCH3 is 3. The summed E-state index contributed by atoms with van der Waals surface area (Å²) in [6.07, 6.45) is 0. The van der Waals surface area contributed by atoms with Crippen molar-refractivity contribution in [3.63, 3.8) is 0 Å². The van der Waals surface area contributed by atoms with Crippen LogP contribution in [0.15, 0.2) is 36.4 Å². The van der Waals surface area contributed by atoms with Gasteiger partial charge in [-0.2, -0.15) is 0 Å². The van der Waals surface area contributed by atoms with Crippen LogP contribution in [0.5, 0.6) is 17.2 Å². The molecule has 0 radical (unpaired) electrons. The van der Waals surface area contributed by atoms with Gasteiger partial charge in [-0.05, 0) is 31.2 Å². The van der Waals surface area contributed by atoms with Gasteiger partial charge in [-0.25, -0.2) is 0 Å². The Bertz CT molecular complexity index is 875.